The van der Waals surface area contributed by atoms with E-state index in [2.05, 4.69) is 5.32 Å². The van der Waals surface area contributed by atoms with Gasteiger partial charge in [-0.15, -0.1) is 0 Å². The molecule has 2 aromatic rings. The quantitative estimate of drug-likeness (QED) is 0.624. The van der Waals surface area contributed by atoms with E-state index >= 15 is 0 Å². The highest BCUT2D eigenvalue weighted by Gasteiger charge is 2.17. The number of aliphatic hydroxyl groups excluding tert-OH is 1. The van der Waals surface area contributed by atoms with Crippen molar-refractivity contribution < 1.29 is 19.1 Å². The highest BCUT2D eigenvalue weighted by molar-refractivity contribution is 5.88. The Balaban J connectivity index is 2.29. The average Bonchev–Trinajstić information content (AvgIpc) is 2.45. The average molecular weight is 319 g/mol. The van der Waals surface area contributed by atoms with Crippen molar-refractivity contribution in [3.8, 4) is 5.75 Å². The normalized spacial score (nSPS) is 12.2. The molecule has 1 aromatic carbocycles. The molecule has 0 spiro atoms. The first kappa shape index (κ1) is 17.0. The Labute approximate surface area is 134 Å². The van der Waals surface area contributed by atoms with Gasteiger partial charge in [0.05, 0.1) is 5.39 Å². The van der Waals surface area contributed by atoms with E-state index in [0.717, 1.165) is 11.1 Å². The van der Waals surface area contributed by atoms with Crippen molar-refractivity contribution in [2.45, 2.75) is 33.3 Å². The van der Waals surface area contributed by atoms with E-state index in [1.165, 1.54) is 6.07 Å². The van der Waals surface area contributed by atoms with E-state index in [0.29, 0.717) is 29.7 Å². The van der Waals surface area contributed by atoms with Crippen LogP contribution in [0.25, 0.3) is 11.0 Å². The molecule has 2 N–H and O–H groups in total. The summed E-state index contributed by atoms with van der Waals surface area (Å²) in [6.45, 7) is 5.73. The highest BCUT2D eigenvalue weighted by Crippen LogP contribution is 2.30. The summed E-state index contributed by atoms with van der Waals surface area (Å²) in [4.78, 5) is 23.5. The van der Waals surface area contributed by atoms with Gasteiger partial charge in [-0.3, -0.25) is 4.79 Å². The Kier molecular flexibility index (Phi) is 5.39. The van der Waals surface area contributed by atoms with Crippen molar-refractivity contribution in [2.75, 3.05) is 13.2 Å². The lowest BCUT2D eigenvalue weighted by molar-refractivity contribution is -0.127. The first-order valence-electron chi connectivity index (χ1n) is 7.52. The molecule has 0 unspecified atom stereocenters. The van der Waals surface area contributed by atoms with Gasteiger partial charge in [0.2, 0.25) is 0 Å². The number of rotatable bonds is 6. The minimum Gasteiger partial charge on any atom is -0.480 e. The van der Waals surface area contributed by atoms with E-state index in [-0.39, 0.29) is 12.5 Å². The summed E-state index contributed by atoms with van der Waals surface area (Å²) < 4.78 is 11.0. The van der Waals surface area contributed by atoms with Gasteiger partial charge in [-0.1, -0.05) is 0 Å². The summed E-state index contributed by atoms with van der Waals surface area (Å²) in [5.74, 6) is 0.245. The van der Waals surface area contributed by atoms with Crippen molar-refractivity contribution >= 4 is 16.9 Å². The molecule has 1 aromatic heterocycles. The Bertz CT molecular complexity index is 765. The van der Waals surface area contributed by atoms with Crippen LogP contribution >= 0.6 is 0 Å². The van der Waals surface area contributed by atoms with Gasteiger partial charge < -0.3 is 19.6 Å². The number of amides is 1. The Morgan fingerprint density at radius 3 is 2.78 bits per heavy atom. The van der Waals surface area contributed by atoms with Crippen LogP contribution in [-0.4, -0.2) is 30.3 Å². The Hall–Kier alpha value is -2.34. The summed E-state index contributed by atoms with van der Waals surface area (Å²) in [6, 6.07) is 4.98. The SMILES string of the molecule is Cc1cc(O[C@@H](C)C(=O)NCCCO)c2c(C)cc(=O)oc2c1. The second-order valence-corrected chi connectivity index (χ2v) is 5.51. The second-order valence-electron chi connectivity index (χ2n) is 5.51. The highest BCUT2D eigenvalue weighted by atomic mass is 16.5. The number of aliphatic hydroxyl groups is 1. The molecule has 2 rings (SSSR count). The third kappa shape index (κ3) is 4.10. The number of fused-ring (bicyclic) bond motifs is 1. The van der Waals surface area contributed by atoms with Gasteiger partial charge in [0.15, 0.2) is 6.10 Å². The number of carbonyl (C=O) groups excluding carboxylic acids is 1. The van der Waals surface area contributed by atoms with E-state index in [1.807, 2.05) is 13.0 Å². The van der Waals surface area contributed by atoms with Crippen LogP contribution in [0.2, 0.25) is 0 Å². The van der Waals surface area contributed by atoms with Crippen LogP contribution in [0.1, 0.15) is 24.5 Å². The molecule has 23 heavy (non-hydrogen) atoms. The fourth-order valence-electron chi connectivity index (χ4n) is 2.35. The predicted molar refractivity (Wildman–Crippen MR) is 86.8 cm³/mol. The smallest absolute Gasteiger partial charge is 0.336 e. The molecule has 1 amide bonds. The van der Waals surface area contributed by atoms with Gasteiger partial charge in [-0.25, -0.2) is 4.79 Å². The summed E-state index contributed by atoms with van der Waals surface area (Å²) in [6.07, 6.45) is -0.208. The molecule has 0 aliphatic heterocycles. The number of ether oxygens (including phenoxy) is 1. The van der Waals surface area contributed by atoms with Gasteiger partial charge in [0.1, 0.15) is 11.3 Å². The molecular formula is C17H21NO5. The Morgan fingerprint density at radius 2 is 2.09 bits per heavy atom. The molecule has 0 saturated carbocycles. The zero-order valence-electron chi connectivity index (χ0n) is 13.5. The fourth-order valence-corrected chi connectivity index (χ4v) is 2.35. The van der Waals surface area contributed by atoms with Crippen molar-refractivity contribution in [3.05, 3.63) is 39.7 Å². The van der Waals surface area contributed by atoms with Gasteiger partial charge in [0, 0.05) is 19.2 Å². The molecule has 1 heterocycles. The van der Waals surface area contributed by atoms with Crippen LogP contribution in [0.4, 0.5) is 0 Å². The van der Waals surface area contributed by atoms with Gasteiger partial charge >= 0.3 is 5.63 Å². The molecule has 124 valence electrons. The lowest BCUT2D eigenvalue weighted by Crippen LogP contribution is -2.37. The van der Waals surface area contributed by atoms with Gasteiger partial charge in [-0.05, 0) is 50.5 Å². The van der Waals surface area contributed by atoms with Gasteiger partial charge in [-0.2, -0.15) is 0 Å². The molecule has 6 nitrogen and oxygen atoms in total. The molecule has 0 saturated heterocycles. The largest absolute Gasteiger partial charge is 0.480 e. The number of hydrogen-bond donors (Lipinski definition) is 2. The first-order chi connectivity index (χ1) is 10.9. The van der Waals surface area contributed by atoms with Crippen LogP contribution in [0, 0.1) is 13.8 Å². The molecular weight excluding hydrogens is 298 g/mol. The van der Waals surface area contributed by atoms with Crippen LogP contribution in [0.5, 0.6) is 5.75 Å². The Morgan fingerprint density at radius 1 is 1.35 bits per heavy atom. The lowest BCUT2D eigenvalue weighted by atomic mass is 10.1. The standard InChI is InChI=1S/C17H21NO5/c1-10-7-13(22-12(3)17(21)18-5-4-6-19)16-11(2)9-15(20)23-14(16)8-10/h7-9,12,19H,4-6H2,1-3H3,(H,18,21)/t12-/m0/s1. The monoisotopic (exact) mass is 319 g/mol. The van der Waals surface area contributed by atoms with Crippen molar-refractivity contribution in [3.63, 3.8) is 0 Å². The zero-order chi connectivity index (χ0) is 17.0. The van der Waals surface area contributed by atoms with Crippen molar-refractivity contribution in [2.24, 2.45) is 0 Å². The van der Waals surface area contributed by atoms with Crippen LogP contribution in [0.15, 0.2) is 27.4 Å². The minimum absolute atomic E-state index is 0.0241. The summed E-state index contributed by atoms with van der Waals surface area (Å²) in [5.41, 5.74) is 1.63. The topological polar surface area (TPSA) is 88.8 Å². The number of hydrogen-bond acceptors (Lipinski definition) is 5. The van der Waals surface area contributed by atoms with Crippen LogP contribution < -0.4 is 15.7 Å². The predicted octanol–water partition coefficient (Wildman–Crippen LogP) is 1.68. The number of carbonyl (C=O) groups is 1. The van der Waals surface area contributed by atoms with Crippen LogP contribution in [0.3, 0.4) is 0 Å². The van der Waals surface area contributed by atoms with Crippen molar-refractivity contribution in [1.29, 1.82) is 0 Å². The fraction of sp³-hybridized carbons (Fsp3) is 0.412. The summed E-state index contributed by atoms with van der Waals surface area (Å²) in [5, 5.41) is 12.1. The maximum absolute atomic E-state index is 12.0. The third-order valence-electron chi connectivity index (χ3n) is 3.46. The molecule has 0 aliphatic rings. The van der Waals surface area contributed by atoms with E-state index < -0.39 is 11.7 Å². The van der Waals surface area contributed by atoms with E-state index in [1.54, 1.807) is 19.9 Å². The zero-order valence-corrected chi connectivity index (χ0v) is 13.5. The summed E-state index contributed by atoms with van der Waals surface area (Å²) >= 11 is 0. The first-order valence-corrected chi connectivity index (χ1v) is 7.52. The summed E-state index contributed by atoms with van der Waals surface area (Å²) in [7, 11) is 0. The maximum Gasteiger partial charge on any atom is 0.336 e. The number of nitrogens with one attached hydrogen (secondary N) is 1. The number of aryl methyl sites for hydroxylation is 2. The minimum atomic E-state index is -0.704. The lowest BCUT2D eigenvalue weighted by Gasteiger charge is -2.17. The molecule has 0 aliphatic carbocycles. The van der Waals surface area contributed by atoms with E-state index in [9.17, 15) is 9.59 Å². The molecule has 0 radical (unpaired) electrons. The molecule has 6 heteroatoms. The third-order valence-corrected chi connectivity index (χ3v) is 3.46. The molecule has 1 atom stereocenters. The second kappa shape index (κ2) is 7.28. The van der Waals surface area contributed by atoms with Crippen LogP contribution in [-0.2, 0) is 4.79 Å². The molecule has 0 fully saturated rings. The van der Waals surface area contributed by atoms with Crippen molar-refractivity contribution in [1.82, 2.24) is 5.32 Å². The molecule has 0 bridgehead atoms. The number of benzene rings is 1. The van der Waals surface area contributed by atoms with Gasteiger partial charge in [0.25, 0.3) is 5.91 Å². The maximum atomic E-state index is 12.0. The van der Waals surface area contributed by atoms with E-state index in [4.69, 9.17) is 14.3 Å².